The van der Waals surface area contributed by atoms with E-state index in [4.69, 9.17) is 0 Å². The Balaban J connectivity index is 1.79. The van der Waals surface area contributed by atoms with Gasteiger partial charge in [-0.2, -0.15) is 8.78 Å². The third-order valence-corrected chi connectivity index (χ3v) is 4.83. The van der Waals surface area contributed by atoms with Gasteiger partial charge >= 0.3 is 0 Å². The first kappa shape index (κ1) is 18.4. The smallest absolute Gasteiger partial charge is 0.288 e. The molecular formula is C17H10F4N2OS2. The van der Waals surface area contributed by atoms with Crippen LogP contribution in [0, 0.1) is 11.6 Å². The van der Waals surface area contributed by atoms with Gasteiger partial charge in [-0.05, 0) is 30.3 Å². The van der Waals surface area contributed by atoms with Crippen LogP contribution in [0.15, 0.2) is 52.7 Å². The molecule has 0 fully saturated rings. The van der Waals surface area contributed by atoms with Gasteiger partial charge in [0.15, 0.2) is 16.8 Å². The quantitative estimate of drug-likeness (QED) is 0.446. The van der Waals surface area contributed by atoms with Crippen LogP contribution in [0.25, 0.3) is 11.3 Å². The first-order chi connectivity index (χ1) is 12.4. The van der Waals surface area contributed by atoms with Gasteiger partial charge in [-0.1, -0.05) is 23.9 Å². The van der Waals surface area contributed by atoms with E-state index in [0.717, 1.165) is 23.5 Å². The number of hydrogen-bond donors (Lipinski definition) is 1. The maximum atomic E-state index is 13.3. The van der Waals surface area contributed by atoms with Crippen LogP contribution in [0.4, 0.5) is 22.7 Å². The average molecular weight is 398 g/mol. The van der Waals surface area contributed by atoms with Gasteiger partial charge in [-0.3, -0.25) is 10.1 Å². The number of rotatable bonds is 5. The van der Waals surface area contributed by atoms with Crippen LogP contribution in [0.5, 0.6) is 0 Å². The minimum Gasteiger partial charge on any atom is -0.298 e. The predicted octanol–water partition coefficient (Wildman–Crippen LogP) is 5.66. The van der Waals surface area contributed by atoms with Crippen molar-refractivity contribution in [2.75, 3.05) is 5.32 Å². The summed E-state index contributed by atoms with van der Waals surface area (Å²) in [5.41, 5.74) is 0.816. The number of benzene rings is 2. The van der Waals surface area contributed by atoms with Gasteiger partial charge in [0.1, 0.15) is 0 Å². The minimum atomic E-state index is -2.65. The van der Waals surface area contributed by atoms with Crippen molar-refractivity contribution in [2.24, 2.45) is 0 Å². The molecule has 2 aromatic carbocycles. The Labute approximate surface area is 154 Å². The Morgan fingerprint density at radius 3 is 2.62 bits per heavy atom. The lowest BCUT2D eigenvalue weighted by Crippen LogP contribution is -2.13. The lowest BCUT2D eigenvalue weighted by Gasteiger charge is -2.07. The highest BCUT2D eigenvalue weighted by atomic mass is 32.2. The summed E-state index contributed by atoms with van der Waals surface area (Å²) in [5, 5.41) is 4.32. The number of carbonyl (C=O) groups excluding carboxylic acids is 1. The minimum absolute atomic E-state index is 0.0994. The Kier molecular flexibility index (Phi) is 5.58. The number of carbonyl (C=O) groups is 1. The summed E-state index contributed by atoms with van der Waals surface area (Å²) >= 11 is 1.36. The number of amides is 1. The number of halogens is 4. The molecule has 0 spiro atoms. The zero-order valence-corrected chi connectivity index (χ0v) is 14.5. The van der Waals surface area contributed by atoms with Crippen molar-refractivity contribution in [1.29, 1.82) is 0 Å². The lowest BCUT2D eigenvalue weighted by molar-refractivity contribution is 0.102. The van der Waals surface area contributed by atoms with Crippen LogP contribution in [-0.4, -0.2) is 16.6 Å². The molecule has 3 nitrogen and oxygen atoms in total. The molecule has 0 aliphatic heterocycles. The van der Waals surface area contributed by atoms with Crippen molar-refractivity contribution in [3.63, 3.8) is 0 Å². The number of hydrogen-bond acceptors (Lipinski definition) is 4. The second-order valence-electron chi connectivity index (χ2n) is 5.00. The summed E-state index contributed by atoms with van der Waals surface area (Å²) in [5.74, 6) is -5.20. The molecule has 0 radical (unpaired) electrons. The zero-order valence-electron chi connectivity index (χ0n) is 12.9. The first-order valence-corrected chi connectivity index (χ1v) is 8.96. The standard InChI is InChI=1S/C17H10F4N2OS2/c18-11-6-5-9(7-12(11)19)13-8-25-17(22-13)23-15(24)10-3-1-2-4-14(10)26-16(20)21/h1-8,16H,(H,22,23,24). The average Bonchev–Trinajstić information content (AvgIpc) is 3.05. The number of thiazole rings is 1. The molecular weight excluding hydrogens is 388 g/mol. The van der Waals surface area contributed by atoms with E-state index in [1.807, 2.05) is 0 Å². The van der Waals surface area contributed by atoms with E-state index in [2.05, 4.69) is 10.3 Å². The number of aromatic nitrogens is 1. The monoisotopic (exact) mass is 398 g/mol. The van der Waals surface area contributed by atoms with E-state index >= 15 is 0 Å². The number of nitrogens with one attached hydrogen (secondary N) is 1. The van der Waals surface area contributed by atoms with Gasteiger partial charge in [-0.25, -0.2) is 13.8 Å². The molecule has 0 saturated heterocycles. The van der Waals surface area contributed by atoms with Crippen LogP contribution < -0.4 is 5.32 Å². The normalized spacial score (nSPS) is 11.0. The molecule has 3 rings (SSSR count). The third-order valence-electron chi connectivity index (χ3n) is 3.29. The number of anilines is 1. The van der Waals surface area contributed by atoms with Crippen LogP contribution in [0.3, 0.4) is 0 Å². The zero-order chi connectivity index (χ0) is 18.7. The number of alkyl halides is 2. The van der Waals surface area contributed by atoms with Crippen LogP contribution in [0.2, 0.25) is 0 Å². The van der Waals surface area contributed by atoms with E-state index in [1.165, 1.54) is 18.2 Å². The summed E-state index contributed by atoms with van der Waals surface area (Å²) in [6.07, 6.45) is 0. The Morgan fingerprint density at radius 2 is 1.88 bits per heavy atom. The van der Waals surface area contributed by atoms with Gasteiger partial charge < -0.3 is 0 Å². The summed E-state index contributed by atoms with van der Waals surface area (Å²) in [7, 11) is 0. The Bertz CT molecular complexity index is 946. The van der Waals surface area contributed by atoms with Crippen molar-refractivity contribution >= 4 is 34.1 Å². The fourth-order valence-corrected chi connectivity index (χ4v) is 3.49. The second-order valence-corrected chi connectivity index (χ2v) is 6.89. The summed E-state index contributed by atoms with van der Waals surface area (Å²) < 4.78 is 51.5. The number of thioether (sulfide) groups is 1. The van der Waals surface area contributed by atoms with E-state index in [9.17, 15) is 22.4 Å². The molecule has 0 saturated carbocycles. The van der Waals surface area contributed by atoms with Gasteiger partial charge in [-0.15, -0.1) is 11.3 Å². The molecule has 0 aliphatic rings. The predicted molar refractivity (Wildman–Crippen MR) is 93.7 cm³/mol. The molecule has 0 bridgehead atoms. The molecule has 134 valence electrons. The molecule has 0 atom stereocenters. The van der Waals surface area contributed by atoms with Gasteiger partial charge in [0, 0.05) is 15.8 Å². The molecule has 1 heterocycles. The summed E-state index contributed by atoms with van der Waals surface area (Å²) in [6, 6.07) is 9.35. The fraction of sp³-hybridized carbons (Fsp3) is 0.0588. The largest absolute Gasteiger partial charge is 0.298 e. The number of nitrogens with zero attached hydrogens (tertiary/aromatic N) is 1. The highest BCUT2D eigenvalue weighted by molar-refractivity contribution is 7.99. The fourth-order valence-electron chi connectivity index (χ4n) is 2.14. The van der Waals surface area contributed by atoms with Gasteiger partial charge in [0.2, 0.25) is 0 Å². The summed E-state index contributed by atoms with van der Waals surface area (Å²) in [6.45, 7) is 0. The van der Waals surface area contributed by atoms with Crippen molar-refractivity contribution < 1.29 is 22.4 Å². The van der Waals surface area contributed by atoms with Crippen molar-refractivity contribution in [2.45, 2.75) is 10.7 Å². The molecule has 0 unspecified atom stereocenters. The molecule has 3 aromatic rings. The molecule has 26 heavy (non-hydrogen) atoms. The highest BCUT2D eigenvalue weighted by Crippen LogP contribution is 2.30. The second kappa shape index (κ2) is 7.88. The van der Waals surface area contributed by atoms with Crippen molar-refractivity contribution in [3.8, 4) is 11.3 Å². The van der Waals surface area contributed by atoms with Crippen molar-refractivity contribution in [3.05, 3.63) is 65.0 Å². The van der Waals surface area contributed by atoms with Crippen LogP contribution in [-0.2, 0) is 0 Å². The van der Waals surface area contributed by atoms with E-state index in [0.29, 0.717) is 11.3 Å². The van der Waals surface area contributed by atoms with Gasteiger partial charge in [0.05, 0.1) is 11.3 Å². The molecule has 9 heteroatoms. The Hall–Kier alpha value is -2.39. The SMILES string of the molecule is O=C(Nc1nc(-c2ccc(F)c(F)c2)cs1)c1ccccc1SC(F)F. The lowest BCUT2D eigenvalue weighted by atomic mass is 10.2. The molecule has 1 N–H and O–H groups in total. The van der Waals surface area contributed by atoms with Crippen LogP contribution in [0.1, 0.15) is 10.4 Å². The first-order valence-electron chi connectivity index (χ1n) is 7.20. The third kappa shape index (κ3) is 4.23. The molecule has 1 aromatic heterocycles. The maximum Gasteiger partial charge on any atom is 0.288 e. The van der Waals surface area contributed by atoms with Gasteiger partial charge in [0.25, 0.3) is 11.7 Å². The Morgan fingerprint density at radius 1 is 1.12 bits per heavy atom. The molecule has 1 amide bonds. The van der Waals surface area contributed by atoms with Crippen LogP contribution >= 0.6 is 23.1 Å². The van der Waals surface area contributed by atoms with E-state index in [1.54, 1.807) is 17.5 Å². The topological polar surface area (TPSA) is 42.0 Å². The van der Waals surface area contributed by atoms with E-state index < -0.39 is 23.3 Å². The summed E-state index contributed by atoms with van der Waals surface area (Å²) in [4.78, 5) is 16.6. The highest BCUT2D eigenvalue weighted by Gasteiger charge is 2.17. The molecule has 0 aliphatic carbocycles. The van der Waals surface area contributed by atoms with Crippen molar-refractivity contribution in [1.82, 2.24) is 4.98 Å². The van der Waals surface area contributed by atoms with E-state index in [-0.39, 0.29) is 27.4 Å². The maximum absolute atomic E-state index is 13.3.